The monoisotopic (exact) mass is 256 g/mol. The summed E-state index contributed by atoms with van der Waals surface area (Å²) in [7, 11) is 0. The molecule has 0 aliphatic rings. The Bertz CT molecular complexity index is 405. The molecule has 18 heavy (non-hydrogen) atoms. The molecular weight excluding hydrogens is 238 g/mol. The summed E-state index contributed by atoms with van der Waals surface area (Å²) in [5, 5.41) is 0. The van der Waals surface area contributed by atoms with Crippen LogP contribution in [0.5, 0.6) is 0 Å². The van der Waals surface area contributed by atoms with Gasteiger partial charge in [-0.05, 0) is 31.0 Å². The normalized spacial score (nSPS) is 12.4. The van der Waals surface area contributed by atoms with Crippen LogP contribution in [-0.4, -0.2) is 12.4 Å². The zero-order valence-corrected chi connectivity index (χ0v) is 10.7. The molecule has 0 aliphatic heterocycles. The van der Waals surface area contributed by atoms with E-state index in [4.69, 9.17) is 4.74 Å². The Labute approximate surface area is 106 Å². The molecule has 0 amide bonds. The van der Waals surface area contributed by atoms with Crippen LogP contribution in [0.3, 0.4) is 0 Å². The first-order valence-corrected chi connectivity index (χ1v) is 6.19. The van der Waals surface area contributed by atoms with Crippen molar-refractivity contribution in [1.82, 2.24) is 0 Å². The van der Waals surface area contributed by atoms with Crippen LogP contribution in [0, 0.1) is 11.6 Å². The number of ketones is 1. The van der Waals surface area contributed by atoms with Gasteiger partial charge in [-0.15, -0.1) is 0 Å². The van der Waals surface area contributed by atoms with Gasteiger partial charge >= 0.3 is 0 Å². The molecule has 0 heterocycles. The fourth-order valence-corrected chi connectivity index (χ4v) is 1.68. The smallest absolute Gasteiger partial charge is 0.166 e. The molecule has 2 nitrogen and oxygen atoms in total. The lowest BCUT2D eigenvalue weighted by Gasteiger charge is -2.17. The summed E-state index contributed by atoms with van der Waals surface area (Å²) >= 11 is 0. The molecule has 100 valence electrons. The van der Waals surface area contributed by atoms with Gasteiger partial charge in [0.1, 0.15) is 17.7 Å². The summed E-state index contributed by atoms with van der Waals surface area (Å²) in [5.41, 5.74) is -0.0121. The molecule has 0 radical (unpaired) electrons. The Hall–Kier alpha value is -1.29. The Morgan fingerprint density at radius 3 is 2.61 bits per heavy atom. The molecule has 1 unspecified atom stereocenters. The lowest BCUT2D eigenvalue weighted by molar-refractivity contribution is -0.131. The van der Waals surface area contributed by atoms with Gasteiger partial charge in [-0.3, -0.25) is 4.79 Å². The van der Waals surface area contributed by atoms with Gasteiger partial charge in [-0.1, -0.05) is 13.8 Å². The number of ether oxygens (including phenoxy) is 1. The highest BCUT2D eigenvalue weighted by atomic mass is 19.1. The minimum atomic E-state index is -0.999. The quantitative estimate of drug-likeness (QED) is 0.741. The lowest BCUT2D eigenvalue weighted by Crippen LogP contribution is -2.18. The highest BCUT2D eigenvalue weighted by Gasteiger charge is 2.23. The largest absolute Gasteiger partial charge is 0.366 e. The number of benzene rings is 1. The van der Waals surface area contributed by atoms with E-state index in [2.05, 4.69) is 0 Å². The van der Waals surface area contributed by atoms with E-state index in [1.165, 1.54) is 0 Å². The average Bonchev–Trinajstić information content (AvgIpc) is 2.34. The zero-order valence-electron chi connectivity index (χ0n) is 10.7. The number of halogens is 2. The Kier molecular flexibility index (Phi) is 5.92. The minimum Gasteiger partial charge on any atom is -0.366 e. The van der Waals surface area contributed by atoms with Crippen LogP contribution < -0.4 is 0 Å². The van der Waals surface area contributed by atoms with Gasteiger partial charge in [-0.2, -0.15) is 0 Å². The predicted octanol–water partition coefficient (Wildman–Crippen LogP) is 3.80. The van der Waals surface area contributed by atoms with E-state index in [0.29, 0.717) is 25.9 Å². The second kappa shape index (κ2) is 7.21. The fourth-order valence-electron chi connectivity index (χ4n) is 1.68. The average molecular weight is 256 g/mol. The number of carbonyl (C=O) groups is 1. The van der Waals surface area contributed by atoms with Crippen LogP contribution >= 0.6 is 0 Å². The second-order valence-electron chi connectivity index (χ2n) is 4.13. The third-order valence-corrected chi connectivity index (χ3v) is 2.52. The van der Waals surface area contributed by atoms with Crippen molar-refractivity contribution in [2.24, 2.45) is 0 Å². The van der Waals surface area contributed by atoms with Crippen LogP contribution in [0.25, 0.3) is 0 Å². The molecule has 1 rings (SSSR count). The first-order valence-electron chi connectivity index (χ1n) is 6.19. The topological polar surface area (TPSA) is 26.3 Å². The molecule has 1 aromatic carbocycles. The first-order chi connectivity index (χ1) is 8.60. The van der Waals surface area contributed by atoms with Crippen molar-refractivity contribution < 1.29 is 18.3 Å². The molecule has 0 aromatic heterocycles. The summed E-state index contributed by atoms with van der Waals surface area (Å²) in [4.78, 5) is 11.9. The summed E-state index contributed by atoms with van der Waals surface area (Å²) in [6, 6.07) is 3.08. The van der Waals surface area contributed by atoms with Crippen molar-refractivity contribution in [3.8, 4) is 0 Å². The Balaban J connectivity index is 3.00. The molecule has 1 atom stereocenters. The zero-order chi connectivity index (χ0) is 13.5. The van der Waals surface area contributed by atoms with Crippen molar-refractivity contribution in [2.45, 2.75) is 39.2 Å². The van der Waals surface area contributed by atoms with Crippen molar-refractivity contribution >= 4 is 5.78 Å². The molecule has 0 N–H and O–H groups in total. The van der Waals surface area contributed by atoms with Gasteiger partial charge < -0.3 is 4.74 Å². The Morgan fingerprint density at radius 2 is 2.00 bits per heavy atom. The summed E-state index contributed by atoms with van der Waals surface area (Å²) in [5.74, 6) is -1.39. The maximum atomic E-state index is 13.6. The fraction of sp³-hybridized carbons (Fsp3) is 0.500. The van der Waals surface area contributed by atoms with Crippen molar-refractivity contribution in [3.63, 3.8) is 0 Å². The van der Waals surface area contributed by atoms with Crippen LogP contribution in [0.4, 0.5) is 8.78 Å². The summed E-state index contributed by atoms with van der Waals surface area (Å²) in [6.07, 6.45) is 0.666. The van der Waals surface area contributed by atoms with Gasteiger partial charge in [0.25, 0.3) is 0 Å². The number of hydrogen-bond acceptors (Lipinski definition) is 2. The van der Waals surface area contributed by atoms with Gasteiger partial charge in [-0.25, -0.2) is 8.78 Å². The number of Topliss-reactive ketones (excluding diaryl/α,β-unsaturated/α-hetero) is 1. The van der Waals surface area contributed by atoms with Gasteiger partial charge in [0, 0.05) is 18.6 Å². The first kappa shape index (κ1) is 14.8. The Morgan fingerprint density at radius 1 is 1.28 bits per heavy atom. The van der Waals surface area contributed by atoms with Gasteiger partial charge in [0.05, 0.1) is 0 Å². The highest BCUT2D eigenvalue weighted by Crippen LogP contribution is 2.24. The standard InChI is InChI=1S/C14H18F2O2/c1-3-5-13(17)14(18-8-4-2)11-9-10(15)6-7-12(11)16/h6-7,9,14H,3-5,8H2,1-2H3. The molecule has 0 spiro atoms. The van der Waals surface area contributed by atoms with Gasteiger partial charge in [0.2, 0.25) is 0 Å². The van der Waals surface area contributed by atoms with E-state index >= 15 is 0 Å². The number of rotatable bonds is 7. The van der Waals surface area contributed by atoms with E-state index in [1.807, 2.05) is 13.8 Å². The van der Waals surface area contributed by atoms with Gasteiger partial charge in [0.15, 0.2) is 5.78 Å². The molecule has 0 bridgehead atoms. The lowest BCUT2D eigenvalue weighted by atomic mass is 10.0. The summed E-state index contributed by atoms with van der Waals surface area (Å²) < 4.78 is 32.2. The number of carbonyl (C=O) groups excluding carboxylic acids is 1. The van der Waals surface area contributed by atoms with Crippen molar-refractivity contribution in [3.05, 3.63) is 35.4 Å². The molecule has 0 aliphatic carbocycles. The van der Waals surface area contributed by atoms with Crippen molar-refractivity contribution in [1.29, 1.82) is 0 Å². The predicted molar refractivity (Wildman–Crippen MR) is 65.3 cm³/mol. The van der Waals surface area contributed by atoms with Crippen molar-refractivity contribution in [2.75, 3.05) is 6.61 Å². The van der Waals surface area contributed by atoms with E-state index < -0.39 is 17.7 Å². The van der Waals surface area contributed by atoms with Crippen LogP contribution in [0.15, 0.2) is 18.2 Å². The molecule has 1 aromatic rings. The van der Waals surface area contributed by atoms with E-state index in [1.54, 1.807) is 0 Å². The molecule has 0 saturated carbocycles. The SMILES string of the molecule is CCCOC(C(=O)CCC)c1cc(F)ccc1F. The van der Waals surface area contributed by atoms with Crippen LogP contribution in [-0.2, 0) is 9.53 Å². The minimum absolute atomic E-state index is 0.0121. The third-order valence-electron chi connectivity index (χ3n) is 2.52. The van der Waals surface area contributed by atoms with E-state index in [0.717, 1.165) is 18.2 Å². The van der Waals surface area contributed by atoms with E-state index in [9.17, 15) is 13.6 Å². The summed E-state index contributed by atoms with van der Waals surface area (Å²) in [6.45, 7) is 4.09. The molecule has 0 saturated heterocycles. The molecular formula is C14H18F2O2. The third kappa shape index (κ3) is 3.88. The second-order valence-corrected chi connectivity index (χ2v) is 4.13. The highest BCUT2D eigenvalue weighted by molar-refractivity contribution is 5.84. The maximum Gasteiger partial charge on any atom is 0.166 e. The van der Waals surface area contributed by atoms with Crippen LogP contribution in [0.2, 0.25) is 0 Å². The molecule has 4 heteroatoms. The maximum absolute atomic E-state index is 13.6. The van der Waals surface area contributed by atoms with Crippen LogP contribution in [0.1, 0.15) is 44.8 Å². The molecule has 0 fully saturated rings. The van der Waals surface area contributed by atoms with E-state index in [-0.39, 0.29) is 11.3 Å². The number of hydrogen-bond donors (Lipinski definition) is 0.